The van der Waals surface area contributed by atoms with Crippen molar-refractivity contribution in [3.8, 4) is 33.5 Å². The molecule has 1 aliphatic rings. The highest BCUT2D eigenvalue weighted by molar-refractivity contribution is 7.25. The lowest BCUT2D eigenvalue weighted by Crippen LogP contribution is -2.14. The molecule has 4 heteroatoms. The van der Waals surface area contributed by atoms with Crippen molar-refractivity contribution in [1.82, 2.24) is 9.97 Å². The molecule has 0 N–H and O–H groups in total. The maximum atomic E-state index is 6.33. The number of nitrogens with zero attached hydrogens (tertiary/aromatic N) is 2. The summed E-state index contributed by atoms with van der Waals surface area (Å²) in [4.78, 5) is 10.1. The van der Waals surface area contributed by atoms with Gasteiger partial charge in [0.05, 0.1) is 5.69 Å². The minimum Gasteiger partial charge on any atom is -0.217 e. The Bertz CT molecular complexity index is 1780. The van der Waals surface area contributed by atoms with Gasteiger partial charge < -0.3 is 0 Å². The van der Waals surface area contributed by atoms with E-state index < -0.39 is 0 Å². The molecule has 0 spiro atoms. The van der Waals surface area contributed by atoms with E-state index in [-0.39, 0.29) is 10.7 Å². The van der Waals surface area contributed by atoms with Gasteiger partial charge in [0.25, 0.3) is 0 Å². The second-order valence-corrected chi connectivity index (χ2v) is 11.0. The number of fused-ring (bicyclic) bond motifs is 6. The Hall–Kier alpha value is -3.53. The van der Waals surface area contributed by atoms with Crippen LogP contribution >= 0.6 is 22.9 Å². The van der Waals surface area contributed by atoms with Gasteiger partial charge in [-0.3, -0.25) is 0 Å². The molecule has 0 unspecified atom stereocenters. The largest absolute Gasteiger partial charge is 0.224 e. The van der Waals surface area contributed by atoms with Crippen LogP contribution in [0.15, 0.2) is 91.0 Å². The molecule has 0 radical (unpaired) electrons. The fourth-order valence-corrected chi connectivity index (χ4v) is 6.79. The minimum atomic E-state index is -0.0216. The van der Waals surface area contributed by atoms with Crippen LogP contribution in [0.5, 0.6) is 0 Å². The van der Waals surface area contributed by atoms with Crippen molar-refractivity contribution in [2.45, 2.75) is 19.3 Å². The van der Waals surface area contributed by atoms with E-state index in [1.165, 1.54) is 43.5 Å². The number of thiophene rings is 1. The van der Waals surface area contributed by atoms with Gasteiger partial charge in [0.15, 0.2) is 0 Å². The first-order chi connectivity index (χ1) is 17.0. The molecule has 0 aliphatic heterocycles. The quantitative estimate of drug-likeness (QED) is 0.227. The molecule has 6 aromatic rings. The lowest BCUT2D eigenvalue weighted by molar-refractivity contribution is 0.660. The number of hydrogen-bond acceptors (Lipinski definition) is 3. The molecule has 7 rings (SSSR count). The zero-order valence-electron chi connectivity index (χ0n) is 19.3. The summed E-state index contributed by atoms with van der Waals surface area (Å²) in [5.41, 5.74) is 9.79. The summed E-state index contributed by atoms with van der Waals surface area (Å²) >= 11 is 8.00. The summed E-state index contributed by atoms with van der Waals surface area (Å²) in [6.45, 7) is 4.65. The van der Waals surface area contributed by atoms with Gasteiger partial charge in [-0.25, -0.2) is 9.97 Å². The molecule has 0 amide bonds. The van der Waals surface area contributed by atoms with Crippen LogP contribution < -0.4 is 0 Å². The number of aromatic nitrogens is 2. The Labute approximate surface area is 212 Å². The first kappa shape index (κ1) is 20.8. The van der Waals surface area contributed by atoms with Crippen LogP contribution in [0.1, 0.15) is 25.0 Å². The summed E-state index contributed by atoms with van der Waals surface area (Å²) in [5, 5.41) is 2.51. The Morgan fingerprint density at radius 3 is 2.26 bits per heavy atom. The first-order valence-electron chi connectivity index (χ1n) is 11.7. The first-order valence-corrected chi connectivity index (χ1v) is 12.9. The van der Waals surface area contributed by atoms with Crippen molar-refractivity contribution in [2.24, 2.45) is 0 Å². The third-order valence-corrected chi connectivity index (χ3v) is 8.50. The highest BCUT2D eigenvalue weighted by atomic mass is 35.5. The minimum absolute atomic E-state index is 0.0216. The van der Waals surface area contributed by atoms with E-state index in [2.05, 4.69) is 96.6 Å². The zero-order valence-corrected chi connectivity index (χ0v) is 20.9. The fourth-order valence-electron chi connectivity index (χ4n) is 5.52. The van der Waals surface area contributed by atoms with Crippen molar-refractivity contribution < 1.29 is 0 Å². The Kier molecular flexibility index (Phi) is 4.45. The monoisotopic (exact) mass is 488 g/mol. The molecule has 1 aliphatic carbocycles. The van der Waals surface area contributed by atoms with Crippen LogP contribution in [0.2, 0.25) is 5.28 Å². The highest BCUT2D eigenvalue weighted by Gasteiger charge is 2.35. The molecular weight excluding hydrogens is 468 g/mol. The van der Waals surface area contributed by atoms with Crippen LogP contribution in [-0.2, 0) is 5.41 Å². The standard InChI is InChI=1S/C31H21ClN2S/c1-31(2)24-11-7-6-10-21(24)22-14-12-20(17-25(22)31)19-13-15-26-23(16-19)27-28(18-8-4-3-5-9-18)33-30(32)34-29(27)35-26/h3-17H,1-2H3. The predicted molar refractivity (Wildman–Crippen MR) is 148 cm³/mol. The maximum absolute atomic E-state index is 6.33. The smallest absolute Gasteiger partial charge is 0.217 e. The van der Waals surface area contributed by atoms with Gasteiger partial charge in [-0.1, -0.05) is 86.6 Å². The van der Waals surface area contributed by atoms with Crippen LogP contribution in [-0.4, -0.2) is 9.97 Å². The van der Waals surface area contributed by atoms with E-state index in [0.717, 1.165) is 21.5 Å². The Morgan fingerprint density at radius 1 is 0.686 bits per heavy atom. The number of halogens is 1. The molecule has 0 saturated heterocycles. The lowest BCUT2D eigenvalue weighted by Gasteiger charge is -2.22. The summed E-state index contributed by atoms with van der Waals surface area (Å²) in [6.07, 6.45) is 0. The molecule has 0 atom stereocenters. The third kappa shape index (κ3) is 3.09. The Morgan fingerprint density at radius 2 is 1.40 bits per heavy atom. The van der Waals surface area contributed by atoms with E-state index in [9.17, 15) is 0 Å². The topological polar surface area (TPSA) is 25.8 Å². The Balaban J connectivity index is 1.44. The molecule has 0 saturated carbocycles. The van der Waals surface area contributed by atoms with Crippen LogP contribution in [0.3, 0.4) is 0 Å². The molecule has 2 nitrogen and oxygen atoms in total. The van der Waals surface area contributed by atoms with Crippen molar-refractivity contribution >= 4 is 43.2 Å². The van der Waals surface area contributed by atoms with Crippen LogP contribution in [0, 0.1) is 0 Å². The lowest BCUT2D eigenvalue weighted by atomic mass is 9.81. The van der Waals surface area contributed by atoms with Crippen molar-refractivity contribution in [3.05, 3.63) is 107 Å². The van der Waals surface area contributed by atoms with E-state index in [0.29, 0.717) is 0 Å². The van der Waals surface area contributed by atoms with Crippen LogP contribution in [0.4, 0.5) is 0 Å². The van der Waals surface area contributed by atoms with Crippen molar-refractivity contribution in [1.29, 1.82) is 0 Å². The average molecular weight is 489 g/mol. The van der Waals surface area contributed by atoms with Gasteiger partial charge >= 0.3 is 0 Å². The number of hydrogen-bond donors (Lipinski definition) is 0. The second kappa shape index (κ2) is 7.48. The molecule has 4 aromatic carbocycles. The molecule has 35 heavy (non-hydrogen) atoms. The van der Waals surface area contributed by atoms with E-state index >= 15 is 0 Å². The number of rotatable bonds is 2. The summed E-state index contributed by atoms with van der Waals surface area (Å²) < 4.78 is 1.19. The van der Waals surface area contributed by atoms with Gasteiger partial charge in [-0.15, -0.1) is 11.3 Å². The van der Waals surface area contributed by atoms with Gasteiger partial charge in [0, 0.05) is 26.5 Å². The van der Waals surface area contributed by atoms with Crippen molar-refractivity contribution in [2.75, 3.05) is 0 Å². The van der Waals surface area contributed by atoms with Gasteiger partial charge in [-0.05, 0) is 63.2 Å². The second-order valence-electron chi connectivity index (χ2n) is 9.63. The summed E-state index contributed by atoms with van der Waals surface area (Å²) in [5.74, 6) is 0. The van der Waals surface area contributed by atoms with Crippen molar-refractivity contribution in [3.63, 3.8) is 0 Å². The third-order valence-electron chi connectivity index (χ3n) is 7.27. The highest BCUT2D eigenvalue weighted by Crippen LogP contribution is 2.49. The van der Waals surface area contributed by atoms with Gasteiger partial charge in [-0.2, -0.15) is 0 Å². The fraction of sp³-hybridized carbons (Fsp3) is 0.0968. The predicted octanol–water partition coefficient (Wildman–Crippen LogP) is 9.14. The molecule has 168 valence electrons. The molecule has 0 fully saturated rings. The summed E-state index contributed by atoms with van der Waals surface area (Å²) in [6, 6.07) is 32.6. The van der Waals surface area contributed by atoms with Crippen LogP contribution in [0.25, 0.3) is 53.8 Å². The normalized spacial score (nSPS) is 13.8. The SMILES string of the molecule is CC1(C)c2ccccc2-c2ccc(-c3ccc4sc5nc(Cl)nc(-c6ccccc6)c5c4c3)cc21. The molecule has 2 aromatic heterocycles. The van der Waals surface area contributed by atoms with Gasteiger partial charge in [0.1, 0.15) is 4.83 Å². The molecular formula is C31H21ClN2S. The molecule has 0 bridgehead atoms. The summed E-state index contributed by atoms with van der Waals surface area (Å²) in [7, 11) is 0. The van der Waals surface area contributed by atoms with E-state index in [1.807, 2.05) is 18.2 Å². The maximum Gasteiger partial charge on any atom is 0.224 e. The zero-order chi connectivity index (χ0) is 23.7. The number of benzene rings is 4. The molecule has 2 heterocycles. The average Bonchev–Trinajstić information content (AvgIpc) is 3.36. The van der Waals surface area contributed by atoms with E-state index in [4.69, 9.17) is 11.6 Å². The van der Waals surface area contributed by atoms with Gasteiger partial charge in [0.2, 0.25) is 5.28 Å². The van der Waals surface area contributed by atoms with E-state index in [1.54, 1.807) is 11.3 Å².